The van der Waals surface area contributed by atoms with Gasteiger partial charge in [-0.15, -0.1) is 0 Å². The molecular formula is C26H27F5N6O3. The van der Waals surface area contributed by atoms with Crippen LogP contribution in [0.2, 0.25) is 0 Å². The van der Waals surface area contributed by atoms with Gasteiger partial charge in [0.1, 0.15) is 11.6 Å². The molecule has 0 fully saturated rings. The molecule has 3 rings (SSSR count). The van der Waals surface area contributed by atoms with Gasteiger partial charge < -0.3 is 26.0 Å². The first kappa shape index (κ1) is 30.2. The van der Waals surface area contributed by atoms with Crippen molar-refractivity contribution in [2.75, 3.05) is 37.4 Å². The second-order valence-electron chi connectivity index (χ2n) is 8.43. The molecule has 0 aliphatic carbocycles. The van der Waals surface area contributed by atoms with Crippen molar-refractivity contribution in [1.82, 2.24) is 20.6 Å². The predicted molar refractivity (Wildman–Crippen MR) is 137 cm³/mol. The lowest BCUT2D eigenvalue weighted by molar-refractivity contribution is -0.137. The van der Waals surface area contributed by atoms with Crippen molar-refractivity contribution in [1.29, 1.82) is 0 Å². The van der Waals surface area contributed by atoms with Crippen molar-refractivity contribution >= 4 is 28.9 Å². The Morgan fingerprint density at radius 1 is 0.975 bits per heavy atom. The van der Waals surface area contributed by atoms with Crippen molar-refractivity contribution in [2.24, 2.45) is 0 Å². The summed E-state index contributed by atoms with van der Waals surface area (Å²) in [5.74, 6) is -2.61. The largest absolute Gasteiger partial charge is 0.418 e. The van der Waals surface area contributed by atoms with E-state index in [-0.39, 0.29) is 36.9 Å². The van der Waals surface area contributed by atoms with Gasteiger partial charge in [-0.3, -0.25) is 19.6 Å². The number of alkyl halides is 3. The average Bonchev–Trinajstić information content (AvgIpc) is 2.92. The summed E-state index contributed by atoms with van der Waals surface area (Å²) in [6.07, 6.45) is -0.149. The molecule has 0 spiro atoms. The van der Waals surface area contributed by atoms with Crippen LogP contribution in [0.25, 0.3) is 0 Å². The smallest absolute Gasteiger partial charge is 0.387 e. The molecule has 4 N–H and O–H groups in total. The maximum absolute atomic E-state index is 14.4. The van der Waals surface area contributed by atoms with Gasteiger partial charge in [-0.25, -0.2) is 8.78 Å². The molecule has 0 saturated carbocycles. The summed E-state index contributed by atoms with van der Waals surface area (Å²) in [5.41, 5.74) is -0.783. The first-order chi connectivity index (χ1) is 19.1. The summed E-state index contributed by atoms with van der Waals surface area (Å²) >= 11 is 0. The van der Waals surface area contributed by atoms with Crippen LogP contribution in [0.15, 0.2) is 48.9 Å². The SMILES string of the molecule is CNc1cncc(C(=O)NCCCOCCC(=O)NCc2ncc(Nc3ccc(F)cc3C(F)(F)F)cc2F)c1. The number of hydrogen-bond donors (Lipinski definition) is 4. The minimum absolute atomic E-state index is 0.000876. The number of nitrogens with zero attached hydrogens (tertiary/aromatic N) is 2. The number of carbonyl (C=O) groups excluding carboxylic acids is 2. The van der Waals surface area contributed by atoms with Gasteiger partial charge in [0.2, 0.25) is 5.91 Å². The van der Waals surface area contributed by atoms with E-state index < -0.39 is 35.0 Å². The fourth-order valence-electron chi connectivity index (χ4n) is 3.40. The molecule has 1 aromatic carbocycles. The zero-order valence-electron chi connectivity index (χ0n) is 21.4. The van der Waals surface area contributed by atoms with Gasteiger partial charge in [0.05, 0.1) is 53.2 Å². The van der Waals surface area contributed by atoms with Crippen molar-refractivity contribution in [3.63, 3.8) is 0 Å². The highest BCUT2D eigenvalue weighted by molar-refractivity contribution is 5.94. The summed E-state index contributed by atoms with van der Waals surface area (Å²) in [6.45, 7) is 0.525. The Balaban J connectivity index is 1.35. The molecule has 0 radical (unpaired) electrons. The molecule has 40 heavy (non-hydrogen) atoms. The molecular weight excluding hydrogens is 539 g/mol. The number of aromatic nitrogens is 2. The van der Waals surface area contributed by atoms with Crippen LogP contribution in [0.4, 0.5) is 39.0 Å². The number of halogens is 5. The number of rotatable bonds is 13. The van der Waals surface area contributed by atoms with Gasteiger partial charge in [-0.05, 0) is 30.7 Å². The number of nitrogens with one attached hydrogen (secondary N) is 4. The maximum Gasteiger partial charge on any atom is 0.418 e. The van der Waals surface area contributed by atoms with Crippen LogP contribution in [0.1, 0.15) is 34.5 Å². The van der Waals surface area contributed by atoms with E-state index in [0.29, 0.717) is 36.9 Å². The van der Waals surface area contributed by atoms with E-state index in [1.54, 1.807) is 19.3 Å². The topological polar surface area (TPSA) is 117 Å². The van der Waals surface area contributed by atoms with Crippen LogP contribution < -0.4 is 21.3 Å². The van der Waals surface area contributed by atoms with Crippen molar-refractivity contribution in [2.45, 2.75) is 25.6 Å². The molecule has 14 heteroatoms. The summed E-state index contributed by atoms with van der Waals surface area (Å²) < 4.78 is 72.6. The van der Waals surface area contributed by atoms with E-state index in [2.05, 4.69) is 31.2 Å². The lowest BCUT2D eigenvalue weighted by atomic mass is 10.1. The minimum Gasteiger partial charge on any atom is -0.387 e. The van der Waals surface area contributed by atoms with Gasteiger partial charge in [-0.1, -0.05) is 0 Å². The van der Waals surface area contributed by atoms with E-state index >= 15 is 0 Å². The molecule has 9 nitrogen and oxygen atoms in total. The number of anilines is 3. The number of amides is 2. The third-order valence-corrected chi connectivity index (χ3v) is 5.45. The van der Waals surface area contributed by atoms with Crippen LogP contribution in [-0.4, -0.2) is 48.6 Å². The highest BCUT2D eigenvalue weighted by Crippen LogP contribution is 2.36. The molecule has 0 saturated heterocycles. The number of ether oxygens (including phenoxy) is 1. The van der Waals surface area contributed by atoms with E-state index in [1.165, 1.54) is 6.20 Å². The first-order valence-electron chi connectivity index (χ1n) is 12.1. The van der Waals surface area contributed by atoms with E-state index in [1.807, 2.05) is 0 Å². The summed E-state index contributed by atoms with van der Waals surface area (Å²) in [7, 11) is 1.72. The molecule has 2 heterocycles. The third kappa shape index (κ3) is 9.15. The second-order valence-corrected chi connectivity index (χ2v) is 8.43. The monoisotopic (exact) mass is 566 g/mol. The molecule has 2 amide bonds. The quantitative estimate of drug-likeness (QED) is 0.179. The Kier molecular flexibility index (Phi) is 10.7. The summed E-state index contributed by atoms with van der Waals surface area (Å²) in [4.78, 5) is 32.0. The Morgan fingerprint density at radius 2 is 1.77 bits per heavy atom. The number of benzene rings is 1. The summed E-state index contributed by atoms with van der Waals surface area (Å²) in [5, 5.41) is 10.5. The Morgan fingerprint density at radius 3 is 2.50 bits per heavy atom. The fourth-order valence-corrected chi connectivity index (χ4v) is 3.40. The van der Waals surface area contributed by atoms with Gasteiger partial charge in [0.25, 0.3) is 5.91 Å². The first-order valence-corrected chi connectivity index (χ1v) is 12.1. The number of hydrogen-bond acceptors (Lipinski definition) is 7. The van der Waals surface area contributed by atoms with Crippen LogP contribution in [0.5, 0.6) is 0 Å². The van der Waals surface area contributed by atoms with Crippen molar-refractivity contribution in [3.8, 4) is 0 Å². The summed E-state index contributed by atoms with van der Waals surface area (Å²) in [6, 6.07) is 4.67. The zero-order chi connectivity index (χ0) is 29.1. The van der Waals surface area contributed by atoms with Crippen LogP contribution >= 0.6 is 0 Å². The molecule has 214 valence electrons. The lowest BCUT2D eigenvalue weighted by Gasteiger charge is -2.15. The Labute approximate surface area is 226 Å². The number of carbonyl (C=O) groups is 2. The Hall–Kier alpha value is -4.33. The molecule has 0 unspecified atom stereocenters. The fraction of sp³-hybridized carbons (Fsp3) is 0.308. The highest BCUT2D eigenvalue weighted by atomic mass is 19.4. The van der Waals surface area contributed by atoms with Gasteiger partial charge >= 0.3 is 6.18 Å². The lowest BCUT2D eigenvalue weighted by Crippen LogP contribution is -2.26. The van der Waals surface area contributed by atoms with E-state index in [9.17, 15) is 31.5 Å². The third-order valence-electron chi connectivity index (χ3n) is 5.45. The zero-order valence-corrected chi connectivity index (χ0v) is 21.4. The Bertz CT molecular complexity index is 1320. The van der Waals surface area contributed by atoms with Crippen molar-refractivity contribution < 1.29 is 36.3 Å². The van der Waals surface area contributed by atoms with Crippen LogP contribution in [0, 0.1) is 11.6 Å². The average molecular weight is 567 g/mol. The van der Waals surface area contributed by atoms with Gasteiger partial charge in [-0.2, -0.15) is 13.2 Å². The molecule has 0 atom stereocenters. The standard InChI is InChI=1S/C26H27F5N6O3/c1-32-18-9-16(12-33-13-18)25(39)34-6-2-7-40-8-5-24(38)36-15-23-21(28)11-19(14-35-23)37-22-4-3-17(27)10-20(22)26(29,30)31/h3-4,9-14,32,37H,2,5-8,15H2,1H3,(H,34,39)(H,36,38). The molecule has 0 aliphatic rings. The van der Waals surface area contributed by atoms with Gasteiger partial charge in [0.15, 0.2) is 0 Å². The van der Waals surface area contributed by atoms with Crippen LogP contribution in [-0.2, 0) is 22.3 Å². The maximum atomic E-state index is 14.4. The van der Waals surface area contributed by atoms with Crippen molar-refractivity contribution in [3.05, 3.63) is 77.4 Å². The minimum atomic E-state index is -4.82. The highest BCUT2D eigenvalue weighted by Gasteiger charge is 2.34. The predicted octanol–water partition coefficient (Wildman–Crippen LogP) is 4.40. The van der Waals surface area contributed by atoms with Gasteiger partial charge in [0, 0.05) is 45.1 Å². The normalized spacial score (nSPS) is 11.2. The van der Waals surface area contributed by atoms with Crippen LogP contribution in [0.3, 0.4) is 0 Å². The van der Waals surface area contributed by atoms with E-state index in [0.717, 1.165) is 24.4 Å². The number of pyridine rings is 2. The molecule has 3 aromatic rings. The molecule has 0 bridgehead atoms. The molecule has 2 aromatic heterocycles. The molecule has 0 aliphatic heterocycles. The second kappa shape index (κ2) is 14.2. The van der Waals surface area contributed by atoms with E-state index in [4.69, 9.17) is 4.74 Å².